The van der Waals surface area contributed by atoms with Gasteiger partial charge in [0.1, 0.15) is 11.3 Å². The van der Waals surface area contributed by atoms with Gasteiger partial charge in [-0.3, -0.25) is 4.90 Å². The standard InChI is InChI=1S/C14H20N2O5.Li/c1-14(2,3)21-13(19)16-7-5-4-6-9(16)11-10(12(17)18)15-8-20-11;/h8-9H,4-7H2,1-3H3,(H,17,18);/q;+1/p-1. The van der Waals surface area contributed by atoms with E-state index in [2.05, 4.69) is 4.98 Å². The number of aromatic carboxylic acids is 1. The van der Waals surface area contributed by atoms with Gasteiger partial charge < -0.3 is 19.1 Å². The van der Waals surface area contributed by atoms with Gasteiger partial charge in [-0.1, -0.05) is 0 Å². The van der Waals surface area contributed by atoms with E-state index in [1.54, 1.807) is 20.8 Å². The average molecular weight is 302 g/mol. The molecule has 1 fully saturated rings. The molecular formula is C14H19LiN2O5. The molecule has 2 rings (SSSR count). The summed E-state index contributed by atoms with van der Waals surface area (Å²) in [7, 11) is 0. The summed E-state index contributed by atoms with van der Waals surface area (Å²) in [5, 5.41) is 11.1. The zero-order chi connectivity index (χ0) is 15.6. The van der Waals surface area contributed by atoms with Crippen LogP contribution in [-0.4, -0.2) is 34.1 Å². The number of amides is 1. The molecule has 0 aromatic carbocycles. The van der Waals surface area contributed by atoms with E-state index < -0.39 is 23.7 Å². The third kappa shape index (κ3) is 4.28. The maximum absolute atomic E-state index is 12.3. The van der Waals surface area contributed by atoms with Crippen molar-refractivity contribution in [2.75, 3.05) is 6.54 Å². The predicted molar refractivity (Wildman–Crippen MR) is 70.4 cm³/mol. The first-order valence-corrected chi connectivity index (χ1v) is 6.94. The second-order valence-corrected chi connectivity index (χ2v) is 6.04. The maximum Gasteiger partial charge on any atom is 1.00 e. The number of oxazole rings is 1. The maximum atomic E-state index is 12.3. The smallest absolute Gasteiger partial charge is 0.543 e. The number of nitrogens with zero attached hydrogens (tertiary/aromatic N) is 2. The molecule has 116 valence electrons. The summed E-state index contributed by atoms with van der Waals surface area (Å²) in [5.74, 6) is -1.26. The van der Waals surface area contributed by atoms with Crippen LogP contribution in [0.3, 0.4) is 0 Å². The van der Waals surface area contributed by atoms with Gasteiger partial charge in [0.2, 0.25) is 0 Å². The Kier molecular flexibility index (Phi) is 6.09. The van der Waals surface area contributed by atoms with Crippen LogP contribution in [0.15, 0.2) is 10.8 Å². The molecule has 0 N–H and O–H groups in total. The number of piperidine rings is 1. The molecule has 1 unspecified atom stereocenters. The van der Waals surface area contributed by atoms with Crippen molar-refractivity contribution in [1.29, 1.82) is 0 Å². The van der Waals surface area contributed by atoms with Crippen LogP contribution in [0.4, 0.5) is 4.79 Å². The fourth-order valence-electron chi connectivity index (χ4n) is 2.39. The number of hydrogen-bond donors (Lipinski definition) is 0. The summed E-state index contributed by atoms with van der Waals surface area (Å²) in [6, 6.07) is -0.482. The van der Waals surface area contributed by atoms with E-state index in [1.165, 1.54) is 4.90 Å². The normalized spacial score (nSPS) is 18.5. The van der Waals surface area contributed by atoms with Crippen molar-refractivity contribution in [3.8, 4) is 0 Å². The predicted octanol–water partition coefficient (Wildman–Crippen LogP) is -1.50. The quantitative estimate of drug-likeness (QED) is 0.617. The molecule has 1 saturated heterocycles. The minimum absolute atomic E-state index is 0. The number of carboxylic acids is 1. The molecule has 7 nitrogen and oxygen atoms in total. The first-order valence-electron chi connectivity index (χ1n) is 6.94. The minimum Gasteiger partial charge on any atom is -0.543 e. The van der Waals surface area contributed by atoms with E-state index in [1.807, 2.05) is 0 Å². The summed E-state index contributed by atoms with van der Waals surface area (Å²) in [4.78, 5) is 28.5. The Hall–Kier alpha value is -1.45. The molecule has 1 amide bonds. The summed E-state index contributed by atoms with van der Waals surface area (Å²) < 4.78 is 10.6. The van der Waals surface area contributed by atoms with Crippen LogP contribution in [-0.2, 0) is 4.74 Å². The third-order valence-electron chi connectivity index (χ3n) is 3.22. The van der Waals surface area contributed by atoms with Crippen molar-refractivity contribution in [3.05, 3.63) is 17.8 Å². The zero-order valence-electron chi connectivity index (χ0n) is 13.4. The Bertz CT molecular complexity index is 538. The number of hydrogen-bond acceptors (Lipinski definition) is 6. The number of carbonyl (C=O) groups is 2. The number of rotatable bonds is 2. The molecule has 0 aliphatic carbocycles. The minimum atomic E-state index is -1.41. The topological polar surface area (TPSA) is 95.7 Å². The Morgan fingerprint density at radius 1 is 1.41 bits per heavy atom. The Morgan fingerprint density at radius 3 is 2.68 bits per heavy atom. The molecule has 1 atom stereocenters. The van der Waals surface area contributed by atoms with Crippen LogP contribution < -0.4 is 24.0 Å². The van der Waals surface area contributed by atoms with Crippen molar-refractivity contribution >= 4 is 12.1 Å². The van der Waals surface area contributed by atoms with Crippen LogP contribution in [0.1, 0.15) is 62.3 Å². The second kappa shape index (κ2) is 7.21. The Morgan fingerprint density at radius 2 is 2.09 bits per heavy atom. The fourth-order valence-corrected chi connectivity index (χ4v) is 2.39. The average Bonchev–Trinajstić information content (AvgIpc) is 2.85. The van der Waals surface area contributed by atoms with Gasteiger partial charge in [-0.05, 0) is 40.0 Å². The van der Waals surface area contributed by atoms with Crippen molar-refractivity contribution < 1.29 is 42.7 Å². The summed E-state index contributed by atoms with van der Waals surface area (Å²) >= 11 is 0. The van der Waals surface area contributed by atoms with Gasteiger partial charge in [0.15, 0.2) is 12.2 Å². The fraction of sp³-hybridized carbons (Fsp3) is 0.643. The van der Waals surface area contributed by atoms with Crippen LogP contribution in [0.2, 0.25) is 0 Å². The molecule has 0 saturated carbocycles. The van der Waals surface area contributed by atoms with Crippen LogP contribution in [0.5, 0.6) is 0 Å². The molecule has 8 heteroatoms. The van der Waals surface area contributed by atoms with Gasteiger partial charge in [-0.25, -0.2) is 9.78 Å². The molecule has 2 heterocycles. The van der Waals surface area contributed by atoms with Gasteiger partial charge in [-0.2, -0.15) is 0 Å². The number of likely N-dealkylation sites (tertiary alicyclic amines) is 1. The Balaban J connectivity index is 0.00000242. The van der Waals surface area contributed by atoms with E-state index in [0.29, 0.717) is 13.0 Å². The van der Waals surface area contributed by atoms with Crippen molar-refractivity contribution in [1.82, 2.24) is 9.88 Å². The molecule has 0 radical (unpaired) electrons. The van der Waals surface area contributed by atoms with Gasteiger partial charge in [0.05, 0.1) is 12.0 Å². The van der Waals surface area contributed by atoms with E-state index in [9.17, 15) is 14.7 Å². The first kappa shape index (κ1) is 18.6. The molecule has 1 aliphatic rings. The number of ether oxygens (including phenoxy) is 1. The Labute approximate surface area is 141 Å². The largest absolute Gasteiger partial charge is 1.00 e. The summed E-state index contributed by atoms with van der Waals surface area (Å²) in [6.07, 6.45) is 2.89. The SMILES string of the molecule is CC(C)(C)OC(=O)N1CCCCC1c1ocnc1C(=O)[O-].[Li+]. The van der Waals surface area contributed by atoms with E-state index in [0.717, 1.165) is 19.2 Å². The monoisotopic (exact) mass is 302 g/mol. The van der Waals surface area contributed by atoms with Gasteiger partial charge >= 0.3 is 25.0 Å². The molecule has 22 heavy (non-hydrogen) atoms. The van der Waals surface area contributed by atoms with E-state index in [4.69, 9.17) is 9.15 Å². The number of carbonyl (C=O) groups excluding carboxylic acids is 2. The van der Waals surface area contributed by atoms with Crippen molar-refractivity contribution in [2.45, 2.75) is 51.7 Å². The molecular weight excluding hydrogens is 283 g/mol. The van der Waals surface area contributed by atoms with E-state index in [-0.39, 0.29) is 30.3 Å². The van der Waals surface area contributed by atoms with Gasteiger partial charge in [0, 0.05) is 6.54 Å². The second-order valence-electron chi connectivity index (χ2n) is 6.04. The molecule has 0 spiro atoms. The first-order chi connectivity index (χ1) is 9.79. The third-order valence-corrected chi connectivity index (χ3v) is 3.22. The van der Waals surface area contributed by atoms with Crippen LogP contribution in [0.25, 0.3) is 0 Å². The van der Waals surface area contributed by atoms with E-state index >= 15 is 0 Å². The summed E-state index contributed by atoms with van der Waals surface area (Å²) in [5.41, 5.74) is -0.868. The zero-order valence-corrected chi connectivity index (χ0v) is 13.4. The molecule has 1 aromatic heterocycles. The van der Waals surface area contributed by atoms with Crippen LogP contribution in [0, 0.1) is 0 Å². The van der Waals surface area contributed by atoms with Gasteiger partial charge in [-0.15, -0.1) is 0 Å². The molecule has 1 aromatic rings. The molecule has 0 bridgehead atoms. The van der Waals surface area contributed by atoms with Crippen molar-refractivity contribution in [3.63, 3.8) is 0 Å². The van der Waals surface area contributed by atoms with Crippen LogP contribution >= 0.6 is 0 Å². The van der Waals surface area contributed by atoms with Crippen molar-refractivity contribution in [2.24, 2.45) is 0 Å². The number of carboxylic acid groups (broad SMARTS) is 1. The summed E-state index contributed by atoms with van der Waals surface area (Å²) in [6.45, 7) is 5.84. The van der Waals surface area contributed by atoms with Gasteiger partial charge in [0.25, 0.3) is 0 Å². The number of aromatic nitrogens is 1. The molecule has 1 aliphatic heterocycles.